The summed E-state index contributed by atoms with van der Waals surface area (Å²) in [4.78, 5) is 61.3. The zero-order valence-electron chi connectivity index (χ0n) is 21.0. The van der Waals surface area contributed by atoms with Crippen LogP contribution in [0.3, 0.4) is 0 Å². The number of terminal acetylenes is 1. The lowest BCUT2D eigenvalue weighted by atomic mass is 9.69. The van der Waals surface area contributed by atoms with E-state index >= 15 is 0 Å². The van der Waals surface area contributed by atoms with E-state index in [1.165, 1.54) is 22.0 Å². The van der Waals surface area contributed by atoms with Gasteiger partial charge in [0.2, 0.25) is 5.91 Å². The van der Waals surface area contributed by atoms with Gasteiger partial charge in [0.1, 0.15) is 28.5 Å². The van der Waals surface area contributed by atoms with Gasteiger partial charge in [-0.1, -0.05) is 11.1 Å². The molecular formula is C24H27N7O6S2. The zero-order chi connectivity index (χ0) is 28.1. The molecule has 206 valence electrons. The molecule has 0 aliphatic carbocycles. The van der Waals surface area contributed by atoms with Crippen molar-refractivity contribution in [2.24, 2.45) is 16.3 Å². The Bertz CT molecular complexity index is 1340. The van der Waals surface area contributed by atoms with Crippen LogP contribution in [0.25, 0.3) is 0 Å². The number of oxime groups is 1. The normalized spacial score (nSPS) is 31.7. The highest BCUT2D eigenvalue weighted by Crippen LogP contribution is 2.52. The van der Waals surface area contributed by atoms with Gasteiger partial charge in [-0.2, -0.15) is 0 Å². The summed E-state index contributed by atoms with van der Waals surface area (Å²) in [5.41, 5.74) is 11.2. The number of thioether (sulfide) groups is 1. The molecule has 5 aliphatic rings. The molecule has 0 spiro atoms. The fraction of sp³-hybridized carbons (Fsp3) is 0.500. The highest BCUT2D eigenvalue weighted by molar-refractivity contribution is 8.00. The van der Waals surface area contributed by atoms with Crippen molar-refractivity contribution in [3.8, 4) is 12.3 Å². The number of amides is 3. The number of anilines is 1. The van der Waals surface area contributed by atoms with Crippen LogP contribution >= 0.6 is 23.1 Å². The Morgan fingerprint density at radius 1 is 1.36 bits per heavy atom. The smallest absolute Gasteiger partial charge is 0.276 e. The first-order valence-electron chi connectivity index (χ1n) is 12.3. The quantitative estimate of drug-likeness (QED) is 0.0813. The fourth-order valence-corrected chi connectivity index (χ4v) is 8.15. The molecule has 1 aromatic heterocycles. The third-order valence-electron chi connectivity index (χ3n) is 8.11. The lowest BCUT2D eigenvalue weighted by Gasteiger charge is -2.59. The van der Waals surface area contributed by atoms with Crippen LogP contribution in [0.15, 0.2) is 21.9 Å². The summed E-state index contributed by atoms with van der Waals surface area (Å²) in [6.45, 7) is 3.37. The number of rotatable bonds is 8. The van der Waals surface area contributed by atoms with Crippen molar-refractivity contribution >= 4 is 57.6 Å². The molecule has 0 saturated carbocycles. The largest absolute Gasteiger partial charge is 0.543 e. The number of primary amides is 1. The van der Waals surface area contributed by atoms with Crippen LogP contribution in [-0.2, 0) is 24.0 Å². The molecular weight excluding hydrogens is 546 g/mol. The van der Waals surface area contributed by atoms with E-state index in [1.54, 1.807) is 0 Å². The minimum atomic E-state index is -1.45. The van der Waals surface area contributed by atoms with Crippen molar-refractivity contribution < 1.29 is 33.6 Å². The van der Waals surface area contributed by atoms with Gasteiger partial charge in [-0.15, -0.1) is 29.5 Å². The number of carboxylic acid groups (broad SMARTS) is 1. The number of nitrogen functional groups attached to an aromatic ring is 1. The Kier molecular flexibility index (Phi) is 6.81. The molecule has 1 unspecified atom stereocenters. The number of hydrogen-bond donors (Lipinski definition) is 3. The Morgan fingerprint density at radius 3 is 2.56 bits per heavy atom. The molecule has 0 radical (unpaired) electrons. The first-order chi connectivity index (χ1) is 18.5. The van der Waals surface area contributed by atoms with Crippen molar-refractivity contribution in [2.75, 3.05) is 32.0 Å². The van der Waals surface area contributed by atoms with Gasteiger partial charge in [0, 0.05) is 24.6 Å². The number of carboxylic acids is 1. The summed E-state index contributed by atoms with van der Waals surface area (Å²) in [5, 5.41) is 19.7. The van der Waals surface area contributed by atoms with Crippen molar-refractivity contribution in [1.82, 2.24) is 15.2 Å². The number of nitrogens with one attached hydrogen (secondary N) is 1. The van der Waals surface area contributed by atoms with Crippen molar-refractivity contribution in [3.63, 3.8) is 0 Å². The van der Waals surface area contributed by atoms with Gasteiger partial charge in [0.05, 0.1) is 36.3 Å². The molecule has 5 aliphatic heterocycles. The van der Waals surface area contributed by atoms with Gasteiger partial charge in [0.15, 0.2) is 17.5 Å². The van der Waals surface area contributed by atoms with Crippen molar-refractivity contribution in [3.05, 3.63) is 22.5 Å². The second-order valence-corrected chi connectivity index (χ2v) is 12.4. The van der Waals surface area contributed by atoms with Gasteiger partial charge in [-0.25, -0.2) is 4.98 Å². The highest BCUT2D eigenvalue weighted by Gasteiger charge is 2.61. The minimum absolute atomic E-state index is 0.149. The summed E-state index contributed by atoms with van der Waals surface area (Å²) in [6.07, 6.45) is 6.86. The Hall–Kier alpha value is -3.61. The molecule has 39 heavy (non-hydrogen) atoms. The lowest BCUT2D eigenvalue weighted by Crippen LogP contribution is -2.74. The van der Waals surface area contributed by atoms with Crippen LogP contribution < -0.4 is 21.9 Å². The van der Waals surface area contributed by atoms with E-state index < -0.39 is 34.6 Å². The van der Waals surface area contributed by atoms with E-state index in [0.717, 1.165) is 11.3 Å². The second kappa shape index (κ2) is 9.85. The minimum Gasteiger partial charge on any atom is -0.543 e. The SMILES string of the molecule is C#CCO/N=C(\C(=O)N[C@@H]1C(=O)N2C(C(=O)[O-])=C([N+]34CCC(C(N)=O)(CC3)CC4)C(C)S[C@H]12)c1csc(N)n1. The Balaban J connectivity index is 1.40. The molecule has 5 N–H and O–H groups in total. The first-order valence-corrected chi connectivity index (χ1v) is 14.1. The van der Waals surface area contributed by atoms with Gasteiger partial charge in [0.25, 0.3) is 11.8 Å². The van der Waals surface area contributed by atoms with E-state index in [-0.39, 0.29) is 40.0 Å². The fourth-order valence-electron chi connectivity index (χ4n) is 6.05. The standard InChI is InChI=1S/C24H27N7O6S2/c1-3-10-37-29-14(13-11-38-23(26)27-13)18(32)28-15-19(33)30-16(21(34)35)17(12(2)39-20(15)30)31-7-4-24(5-8-31,6-9-31)22(25)36/h1,11-12,15,20H,4-10H2,2H3,(H5-,25,26,27,28,32,34,35,36)/b29-14-/t12?,15-,20-,24?,31?/m1/s1. The summed E-state index contributed by atoms with van der Waals surface area (Å²) >= 11 is 2.48. The average Bonchev–Trinajstić information content (AvgIpc) is 3.35. The maximum atomic E-state index is 13.3. The number of nitrogens with two attached hydrogens (primary N) is 2. The summed E-state index contributed by atoms with van der Waals surface area (Å²) < 4.78 is 0.384. The number of thiazole rings is 1. The van der Waals surface area contributed by atoms with E-state index in [4.69, 9.17) is 22.7 Å². The predicted octanol–water partition coefficient (Wildman–Crippen LogP) is -1.68. The summed E-state index contributed by atoms with van der Waals surface area (Å²) in [7, 11) is 0. The second-order valence-electron chi connectivity index (χ2n) is 10.0. The van der Waals surface area contributed by atoms with Crippen LogP contribution in [0, 0.1) is 17.8 Å². The molecule has 2 bridgehead atoms. The maximum Gasteiger partial charge on any atom is 0.276 e. The average molecular weight is 574 g/mol. The molecule has 0 aromatic carbocycles. The number of fused-ring (bicyclic) bond motifs is 4. The summed E-state index contributed by atoms with van der Waals surface area (Å²) in [6, 6.07) is -1.01. The molecule has 13 nitrogen and oxygen atoms in total. The van der Waals surface area contributed by atoms with Crippen molar-refractivity contribution in [1.29, 1.82) is 0 Å². The monoisotopic (exact) mass is 573 g/mol. The van der Waals surface area contributed by atoms with Crippen LogP contribution in [0.4, 0.5) is 5.13 Å². The Labute approximate surface area is 232 Å². The molecule has 3 atom stereocenters. The van der Waals surface area contributed by atoms with Crippen LogP contribution in [0.5, 0.6) is 0 Å². The molecule has 6 rings (SSSR count). The van der Waals surface area contributed by atoms with Gasteiger partial charge < -0.3 is 31.5 Å². The topological polar surface area (TPSA) is 193 Å². The summed E-state index contributed by atoms with van der Waals surface area (Å²) in [5.74, 6) is -0.853. The molecule has 1 aromatic rings. The van der Waals surface area contributed by atoms with Crippen LogP contribution in [0.2, 0.25) is 0 Å². The van der Waals surface area contributed by atoms with Gasteiger partial charge in [-0.05, 0) is 6.92 Å². The molecule has 6 heterocycles. The van der Waals surface area contributed by atoms with E-state index in [1.807, 2.05) is 6.92 Å². The number of piperidine rings is 3. The first kappa shape index (κ1) is 27.0. The maximum absolute atomic E-state index is 13.3. The Morgan fingerprint density at radius 2 is 2.03 bits per heavy atom. The zero-order valence-corrected chi connectivity index (χ0v) is 22.7. The van der Waals surface area contributed by atoms with E-state index in [2.05, 4.69) is 21.4 Å². The van der Waals surface area contributed by atoms with Gasteiger partial charge in [-0.3, -0.25) is 23.8 Å². The number of quaternary nitrogens is 1. The lowest BCUT2D eigenvalue weighted by molar-refractivity contribution is -0.911. The number of nitrogens with zero attached hydrogens (tertiary/aromatic N) is 4. The van der Waals surface area contributed by atoms with Gasteiger partial charge >= 0.3 is 0 Å². The molecule has 4 saturated heterocycles. The third kappa shape index (κ3) is 4.32. The van der Waals surface area contributed by atoms with Crippen LogP contribution in [0.1, 0.15) is 31.9 Å². The van der Waals surface area contributed by atoms with E-state index in [0.29, 0.717) is 49.1 Å². The number of hydrogen-bond acceptors (Lipinski definition) is 11. The number of carbonyl (C=O) groups excluding carboxylic acids is 4. The molecule has 15 heteroatoms. The highest BCUT2D eigenvalue weighted by atomic mass is 32.2. The predicted molar refractivity (Wildman–Crippen MR) is 140 cm³/mol. The number of aromatic nitrogens is 1. The molecule has 4 fully saturated rings. The number of carbonyl (C=O) groups is 4. The molecule has 3 amide bonds. The number of β-lactam (4-membered cyclic amide) rings is 1. The van der Waals surface area contributed by atoms with Crippen LogP contribution in [-0.4, -0.2) is 86.7 Å². The van der Waals surface area contributed by atoms with Crippen molar-refractivity contribution in [2.45, 2.75) is 42.9 Å². The number of aliphatic carboxylic acids is 1. The van der Waals surface area contributed by atoms with E-state index in [9.17, 15) is 24.3 Å². The third-order valence-corrected chi connectivity index (χ3v) is 10.2.